The molecular weight excluding hydrogens is 380 g/mol. The van der Waals surface area contributed by atoms with Crippen molar-refractivity contribution in [2.75, 3.05) is 6.54 Å². The number of likely N-dealkylation sites (tertiary alicyclic amines) is 1. The van der Waals surface area contributed by atoms with E-state index in [1.807, 2.05) is 0 Å². The third kappa shape index (κ3) is 6.18. The fraction of sp³-hybridized carbons (Fsp3) is 0.474. The highest BCUT2D eigenvalue weighted by atomic mass is 16.4. The lowest BCUT2D eigenvalue weighted by Crippen LogP contribution is -2.54. The van der Waals surface area contributed by atoms with Crippen LogP contribution in [0.5, 0.6) is 5.75 Å². The van der Waals surface area contributed by atoms with Crippen LogP contribution in [0.3, 0.4) is 0 Å². The molecule has 3 unspecified atom stereocenters. The van der Waals surface area contributed by atoms with Gasteiger partial charge in [0.1, 0.15) is 17.8 Å². The summed E-state index contributed by atoms with van der Waals surface area (Å²) in [5, 5.41) is 21.0. The molecule has 29 heavy (non-hydrogen) atoms. The number of amides is 3. The van der Waals surface area contributed by atoms with Crippen molar-refractivity contribution < 1.29 is 29.4 Å². The van der Waals surface area contributed by atoms with Gasteiger partial charge in [-0.05, 0) is 43.4 Å². The highest BCUT2D eigenvalue weighted by Crippen LogP contribution is 2.20. The molecule has 10 heteroatoms. The minimum Gasteiger partial charge on any atom is -0.508 e. The van der Waals surface area contributed by atoms with Crippen molar-refractivity contribution in [2.45, 2.75) is 50.2 Å². The maximum absolute atomic E-state index is 12.8. The highest BCUT2D eigenvalue weighted by Gasteiger charge is 2.37. The van der Waals surface area contributed by atoms with Gasteiger partial charge in [-0.1, -0.05) is 12.1 Å². The number of primary amides is 1. The number of hydrogen-bond donors (Lipinski definition) is 5. The monoisotopic (exact) mass is 406 g/mol. The second kappa shape index (κ2) is 9.87. The summed E-state index contributed by atoms with van der Waals surface area (Å²) in [7, 11) is 0. The molecule has 1 aliphatic heterocycles. The molecule has 0 aromatic heterocycles. The van der Waals surface area contributed by atoms with Crippen molar-refractivity contribution in [1.29, 1.82) is 0 Å². The Labute approximate surface area is 167 Å². The number of phenolic OH excluding ortho intramolecular Hbond substituents is 1. The van der Waals surface area contributed by atoms with Crippen LogP contribution in [-0.4, -0.2) is 63.5 Å². The number of nitrogens with one attached hydrogen (secondary N) is 1. The molecule has 2 rings (SSSR count). The van der Waals surface area contributed by atoms with E-state index >= 15 is 0 Å². The largest absolute Gasteiger partial charge is 0.508 e. The second-order valence-corrected chi connectivity index (χ2v) is 7.07. The molecule has 0 bridgehead atoms. The molecule has 0 spiro atoms. The Morgan fingerprint density at radius 2 is 1.86 bits per heavy atom. The van der Waals surface area contributed by atoms with Gasteiger partial charge in [0.2, 0.25) is 17.7 Å². The topological polar surface area (TPSA) is 176 Å². The fourth-order valence-electron chi connectivity index (χ4n) is 3.30. The summed E-state index contributed by atoms with van der Waals surface area (Å²) < 4.78 is 0. The predicted octanol–water partition coefficient (Wildman–Crippen LogP) is -0.912. The SMILES string of the molecule is NC(=O)CCC(NC(=O)C1CCCN1C(=O)C(N)Cc1ccc(O)cc1)C(=O)O. The summed E-state index contributed by atoms with van der Waals surface area (Å²) in [6.07, 6.45) is 0.917. The minimum atomic E-state index is -1.28. The van der Waals surface area contributed by atoms with Gasteiger partial charge in [0.15, 0.2) is 0 Å². The molecule has 1 aromatic carbocycles. The van der Waals surface area contributed by atoms with Crippen molar-refractivity contribution in [3.8, 4) is 5.75 Å². The lowest BCUT2D eigenvalue weighted by atomic mass is 10.0. The van der Waals surface area contributed by atoms with Gasteiger partial charge < -0.3 is 31.9 Å². The molecule has 0 saturated carbocycles. The zero-order valence-corrected chi connectivity index (χ0v) is 15.9. The number of nitrogens with zero attached hydrogens (tertiary/aromatic N) is 1. The van der Waals surface area contributed by atoms with Crippen molar-refractivity contribution in [3.63, 3.8) is 0 Å². The average Bonchev–Trinajstić information content (AvgIpc) is 3.15. The number of carbonyl (C=O) groups excluding carboxylic acids is 3. The van der Waals surface area contributed by atoms with Crippen LogP contribution in [0.25, 0.3) is 0 Å². The van der Waals surface area contributed by atoms with E-state index in [0.29, 0.717) is 19.4 Å². The van der Waals surface area contributed by atoms with E-state index in [1.54, 1.807) is 12.1 Å². The van der Waals surface area contributed by atoms with E-state index in [1.165, 1.54) is 17.0 Å². The van der Waals surface area contributed by atoms with Crippen molar-refractivity contribution in [3.05, 3.63) is 29.8 Å². The maximum atomic E-state index is 12.8. The fourth-order valence-corrected chi connectivity index (χ4v) is 3.30. The average molecular weight is 406 g/mol. The van der Waals surface area contributed by atoms with Gasteiger partial charge in [-0.3, -0.25) is 14.4 Å². The number of aliphatic carboxylic acids is 1. The number of nitrogens with two attached hydrogens (primary N) is 2. The molecular formula is C19H26N4O6. The number of phenols is 1. The molecule has 3 amide bonds. The van der Waals surface area contributed by atoms with Crippen LogP contribution in [-0.2, 0) is 25.6 Å². The lowest BCUT2D eigenvalue weighted by Gasteiger charge is -2.27. The Morgan fingerprint density at radius 3 is 2.45 bits per heavy atom. The third-order valence-corrected chi connectivity index (χ3v) is 4.84. The first kappa shape index (κ1) is 22.2. The Bertz CT molecular complexity index is 766. The first-order chi connectivity index (χ1) is 13.7. The van der Waals surface area contributed by atoms with Gasteiger partial charge in [0.25, 0.3) is 0 Å². The Balaban J connectivity index is 2.00. The standard InChI is InChI=1S/C19H26N4O6/c20-13(10-11-3-5-12(24)6-4-11)18(27)23-9-1-2-15(23)17(26)22-14(19(28)29)7-8-16(21)25/h3-6,13-15,24H,1-2,7-10,20H2,(H2,21,25)(H,22,26)(H,28,29). The van der Waals surface area contributed by atoms with Gasteiger partial charge in [-0.25, -0.2) is 4.79 Å². The summed E-state index contributed by atoms with van der Waals surface area (Å²) in [4.78, 5) is 48.9. The van der Waals surface area contributed by atoms with Crippen LogP contribution in [0.1, 0.15) is 31.2 Å². The molecule has 0 aliphatic carbocycles. The van der Waals surface area contributed by atoms with Gasteiger partial charge in [0.05, 0.1) is 6.04 Å². The summed E-state index contributed by atoms with van der Waals surface area (Å²) in [5.74, 6) is -2.83. The number of carboxylic acid groups (broad SMARTS) is 1. The van der Waals surface area contributed by atoms with Crippen LogP contribution in [0.4, 0.5) is 0 Å². The number of carbonyl (C=O) groups is 4. The third-order valence-electron chi connectivity index (χ3n) is 4.84. The molecule has 1 saturated heterocycles. The highest BCUT2D eigenvalue weighted by molar-refractivity contribution is 5.92. The van der Waals surface area contributed by atoms with E-state index in [4.69, 9.17) is 11.5 Å². The van der Waals surface area contributed by atoms with E-state index in [2.05, 4.69) is 5.32 Å². The predicted molar refractivity (Wildman–Crippen MR) is 103 cm³/mol. The van der Waals surface area contributed by atoms with Crippen LogP contribution in [0, 0.1) is 0 Å². The first-order valence-corrected chi connectivity index (χ1v) is 9.34. The molecule has 1 aromatic rings. The first-order valence-electron chi connectivity index (χ1n) is 9.34. The number of aromatic hydroxyl groups is 1. The minimum absolute atomic E-state index is 0.106. The molecule has 3 atom stereocenters. The molecule has 7 N–H and O–H groups in total. The smallest absolute Gasteiger partial charge is 0.326 e. The van der Waals surface area contributed by atoms with Crippen LogP contribution in [0.2, 0.25) is 0 Å². The Kier molecular flexibility index (Phi) is 7.54. The van der Waals surface area contributed by atoms with E-state index in [0.717, 1.165) is 5.56 Å². The van der Waals surface area contributed by atoms with Crippen LogP contribution >= 0.6 is 0 Å². The van der Waals surface area contributed by atoms with Crippen molar-refractivity contribution in [2.24, 2.45) is 11.5 Å². The summed E-state index contributed by atoms with van der Waals surface area (Å²) in [6.45, 7) is 0.346. The zero-order chi connectivity index (χ0) is 21.6. The van der Waals surface area contributed by atoms with Gasteiger partial charge in [0, 0.05) is 13.0 Å². The van der Waals surface area contributed by atoms with Crippen molar-refractivity contribution >= 4 is 23.7 Å². The zero-order valence-electron chi connectivity index (χ0n) is 15.9. The molecule has 158 valence electrons. The maximum Gasteiger partial charge on any atom is 0.326 e. The molecule has 10 nitrogen and oxygen atoms in total. The van der Waals surface area contributed by atoms with Crippen LogP contribution in [0.15, 0.2) is 24.3 Å². The van der Waals surface area contributed by atoms with Crippen LogP contribution < -0.4 is 16.8 Å². The van der Waals surface area contributed by atoms with Gasteiger partial charge in [-0.2, -0.15) is 0 Å². The lowest BCUT2D eigenvalue weighted by molar-refractivity contribution is -0.144. The number of benzene rings is 1. The normalized spacial score (nSPS) is 18.1. The number of hydrogen-bond acceptors (Lipinski definition) is 6. The summed E-state index contributed by atoms with van der Waals surface area (Å²) in [6, 6.07) is 3.35. The van der Waals surface area contributed by atoms with E-state index in [9.17, 15) is 29.4 Å². The van der Waals surface area contributed by atoms with Gasteiger partial charge >= 0.3 is 5.97 Å². The Morgan fingerprint density at radius 1 is 1.21 bits per heavy atom. The number of rotatable bonds is 9. The molecule has 1 fully saturated rings. The van der Waals surface area contributed by atoms with Gasteiger partial charge in [-0.15, -0.1) is 0 Å². The Hall–Kier alpha value is -3.14. The summed E-state index contributed by atoms with van der Waals surface area (Å²) in [5.41, 5.74) is 11.8. The quantitative estimate of drug-likeness (QED) is 0.352. The number of carboxylic acids is 1. The van der Waals surface area contributed by atoms with E-state index < -0.39 is 41.8 Å². The molecule has 0 radical (unpaired) electrons. The summed E-state index contributed by atoms with van der Waals surface area (Å²) >= 11 is 0. The molecule has 1 aliphatic rings. The van der Waals surface area contributed by atoms with Crippen molar-refractivity contribution in [1.82, 2.24) is 10.2 Å². The molecule has 1 heterocycles. The second-order valence-electron chi connectivity index (χ2n) is 7.07. The van der Waals surface area contributed by atoms with E-state index in [-0.39, 0.29) is 25.0 Å².